The summed E-state index contributed by atoms with van der Waals surface area (Å²) in [6.45, 7) is 4.79. The third-order valence-corrected chi connectivity index (χ3v) is 3.81. The van der Waals surface area contributed by atoms with Crippen LogP contribution in [0.4, 0.5) is 0 Å². The van der Waals surface area contributed by atoms with Gasteiger partial charge in [-0.25, -0.2) is 0 Å². The molecule has 0 bridgehead atoms. The molecular weight excluding hydrogens is 252 g/mol. The molecule has 110 valence electrons. The Morgan fingerprint density at radius 1 is 1.35 bits per heavy atom. The van der Waals surface area contributed by atoms with Crippen LogP contribution in [0.15, 0.2) is 28.7 Å². The van der Waals surface area contributed by atoms with E-state index in [0.29, 0.717) is 6.54 Å². The van der Waals surface area contributed by atoms with Gasteiger partial charge in [0.05, 0.1) is 0 Å². The molecule has 1 aromatic heterocycles. The number of hydrogen-bond donors (Lipinski definition) is 3. The SMILES string of the molecule is CCC(CCO)NC(CN)c1c(C)oc2ccccc12. The Morgan fingerprint density at radius 2 is 2.10 bits per heavy atom. The number of nitrogens with two attached hydrogens (primary N) is 1. The zero-order chi connectivity index (χ0) is 14.5. The molecule has 0 aliphatic carbocycles. The minimum Gasteiger partial charge on any atom is -0.461 e. The first-order chi connectivity index (χ1) is 9.71. The number of rotatable bonds is 7. The first-order valence-corrected chi connectivity index (χ1v) is 7.26. The second-order valence-corrected chi connectivity index (χ2v) is 5.14. The van der Waals surface area contributed by atoms with Crippen LogP contribution in [0.3, 0.4) is 0 Å². The van der Waals surface area contributed by atoms with Crippen LogP contribution >= 0.6 is 0 Å². The van der Waals surface area contributed by atoms with Crippen molar-refractivity contribution in [3.63, 3.8) is 0 Å². The van der Waals surface area contributed by atoms with Crippen LogP contribution in [0.2, 0.25) is 0 Å². The van der Waals surface area contributed by atoms with Gasteiger partial charge in [0.1, 0.15) is 11.3 Å². The van der Waals surface area contributed by atoms with Crippen LogP contribution in [-0.2, 0) is 0 Å². The Kier molecular flexibility index (Phi) is 5.17. The van der Waals surface area contributed by atoms with Crippen molar-refractivity contribution in [2.24, 2.45) is 5.73 Å². The molecule has 0 fully saturated rings. The van der Waals surface area contributed by atoms with Crippen molar-refractivity contribution in [2.75, 3.05) is 13.2 Å². The van der Waals surface area contributed by atoms with Crippen molar-refractivity contribution in [1.29, 1.82) is 0 Å². The summed E-state index contributed by atoms with van der Waals surface area (Å²) in [6.07, 6.45) is 1.70. The predicted molar refractivity (Wildman–Crippen MR) is 81.7 cm³/mol. The summed E-state index contributed by atoms with van der Waals surface area (Å²) in [5, 5.41) is 13.8. The Bertz CT molecular complexity index is 550. The fourth-order valence-corrected chi connectivity index (χ4v) is 2.74. The molecule has 0 spiro atoms. The lowest BCUT2D eigenvalue weighted by atomic mass is 10.0. The second kappa shape index (κ2) is 6.88. The third-order valence-electron chi connectivity index (χ3n) is 3.81. The van der Waals surface area contributed by atoms with E-state index in [4.69, 9.17) is 15.3 Å². The lowest BCUT2D eigenvalue weighted by molar-refractivity contribution is 0.255. The first-order valence-electron chi connectivity index (χ1n) is 7.26. The molecule has 2 unspecified atom stereocenters. The normalized spacial score (nSPS) is 14.6. The largest absolute Gasteiger partial charge is 0.461 e. The molecule has 0 radical (unpaired) electrons. The van der Waals surface area contributed by atoms with Gasteiger partial charge in [-0.05, 0) is 25.8 Å². The number of para-hydroxylation sites is 1. The van der Waals surface area contributed by atoms with Crippen molar-refractivity contribution in [2.45, 2.75) is 38.8 Å². The Labute approximate surface area is 120 Å². The molecular formula is C16H24N2O2. The van der Waals surface area contributed by atoms with Gasteiger partial charge in [0.15, 0.2) is 0 Å². The van der Waals surface area contributed by atoms with Gasteiger partial charge < -0.3 is 20.6 Å². The number of fused-ring (bicyclic) bond motifs is 1. The molecule has 0 saturated heterocycles. The third kappa shape index (κ3) is 3.03. The zero-order valence-corrected chi connectivity index (χ0v) is 12.2. The Balaban J connectivity index is 2.31. The van der Waals surface area contributed by atoms with Crippen molar-refractivity contribution in [1.82, 2.24) is 5.32 Å². The average Bonchev–Trinajstić information content (AvgIpc) is 2.79. The second-order valence-electron chi connectivity index (χ2n) is 5.14. The molecule has 0 aliphatic heterocycles. The van der Waals surface area contributed by atoms with E-state index in [1.807, 2.05) is 25.1 Å². The lowest BCUT2D eigenvalue weighted by Crippen LogP contribution is -2.37. The average molecular weight is 276 g/mol. The number of benzene rings is 1. The lowest BCUT2D eigenvalue weighted by Gasteiger charge is -2.23. The summed E-state index contributed by atoms with van der Waals surface area (Å²) >= 11 is 0. The highest BCUT2D eigenvalue weighted by Crippen LogP contribution is 2.30. The van der Waals surface area contributed by atoms with Crippen LogP contribution in [0, 0.1) is 6.92 Å². The van der Waals surface area contributed by atoms with Crippen LogP contribution in [0.1, 0.15) is 37.1 Å². The quantitative estimate of drug-likeness (QED) is 0.726. The molecule has 1 aromatic carbocycles. The highest BCUT2D eigenvalue weighted by molar-refractivity contribution is 5.82. The van der Waals surface area contributed by atoms with Gasteiger partial charge in [0.25, 0.3) is 0 Å². The number of aliphatic hydroxyl groups excluding tert-OH is 1. The van der Waals surface area contributed by atoms with E-state index >= 15 is 0 Å². The molecule has 2 aromatic rings. The van der Waals surface area contributed by atoms with Crippen molar-refractivity contribution < 1.29 is 9.52 Å². The topological polar surface area (TPSA) is 71.4 Å². The van der Waals surface area contributed by atoms with Gasteiger partial charge in [-0.1, -0.05) is 25.1 Å². The van der Waals surface area contributed by atoms with E-state index in [0.717, 1.165) is 35.1 Å². The minimum absolute atomic E-state index is 0.0511. The number of nitrogens with one attached hydrogen (secondary N) is 1. The zero-order valence-electron chi connectivity index (χ0n) is 12.2. The Morgan fingerprint density at radius 3 is 2.75 bits per heavy atom. The van der Waals surface area contributed by atoms with Gasteiger partial charge in [0, 0.05) is 36.2 Å². The molecule has 20 heavy (non-hydrogen) atoms. The summed E-state index contributed by atoms with van der Waals surface area (Å²) < 4.78 is 5.81. The number of aliphatic hydroxyl groups is 1. The smallest absolute Gasteiger partial charge is 0.134 e. The van der Waals surface area contributed by atoms with Gasteiger partial charge in [-0.2, -0.15) is 0 Å². The molecule has 0 saturated carbocycles. The molecule has 2 atom stereocenters. The summed E-state index contributed by atoms with van der Waals surface area (Å²) in [5.41, 5.74) is 7.99. The van der Waals surface area contributed by atoms with E-state index in [9.17, 15) is 0 Å². The molecule has 1 heterocycles. The van der Waals surface area contributed by atoms with E-state index in [-0.39, 0.29) is 18.7 Å². The number of hydrogen-bond acceptors (Lipinski definition) is 4. The maximum Gasteiger partial charge on any atom is 0.134 e. The first kappa shape index (κ1) is 15.0. The Hall–Kier alpha value is -1.36. The number of aryl methyl sites for hydroxylation is 1. The molecule has 4 heteroatoms. The molecule has 4 nitrogen and oxygen atoms in total. The summed E-state index contributed by atoms with van der Waals surface area (Å²) in [6, 6.07) is 8.35. The monoisotopic (exact) mass is 276 g/mol. The fraction of sp³-hybridized carbons (Fsp3) is 0.500. The van der Waals surface area contributed by atoms with Crippen LogP contribution in [-0.4, -0.2) is 24.3 Å². The van der Waals surface area contributed by atoms with Crippen LogP contribution in [0.25, 0.3) is 11.0 Å². The fourth-order valence-electron chi connectivity index (χ4n) is 2.74. The predicted octanol–water partition coefficient (Wildman–Crippen LogP) is 2.49. The number of furan rings is 1. The highest BCUT2D eigenvalue weighted by Gasteiger charge is 2.21. The standard InChI is InChI=1S/C16H24N2O2/c1-3-12(8-9-19)18-14(10-17)16-11(2)20-15-7-5-4-6-13(15)16/h4-7,12,14,18-19H,3,8-10,17H2,1-2H3. The van der Waals surface area contributed by atoms with E-state index in [1.165, 1.54) is 0 Å². The molecule has 0 aliphatic rings. The van der Waals surface area contributed by atoms with Crippen molar-refractivity contribution in [3.05, 3.63) is 35.6 Å². The van der Waals surface area contributed by atoms with Crippen molar-refractivity contribution in [3.8, 4) is 0 Å². The summed E-state index contributed by atoms with van der Waals surface area (Å²) in [7, 11) is 0. The summed E-state index contributed by atoms with van der Waals surface area (Å²) in [5.74, 6) is 0.910. The van der Waals surface area contributed by atoms with Crippen LogP contribution < -0.4 is 11.1 Å². The molecule has 0 amide bonds. The highest BCUT2D eigenvalue weighted by atomic mass is 16.3. The maximum atomic E-state index is 9.12. The molecule has 4 N–H and O–H groups in total. The van der Waals surface area contributed by atoms with Crippen molar-refractivity contribution >= 4 is 11.0 Å². The van der Waals surface area contributed by atoms with E-state index < -0.39 is 0 Å². The van der Waals surface area contributed by atoms with Gasteiger partial charge in [-0.3, -0.25) is 0 Å². The van der Waals surface area contributed by atoms with Gasteiger partial charge >= 0.3 is 0 Å². The minimum atomic E-state index is 0.0511. The van der Waals surface area contributed by atoms with Crippen LogP contribution in [0.5, 0.6) is 0 Å². The van der Waals surface area contributed by atoms with E-state index in [2.05, 4.69) is 18.3 Å². The van der Waals surface area contributed by atoms with Gasteiger partial charge in [-0.15, -0.1) is 0 Å². The maximum absolute atomic E-state index is 9.12. The summed E-state index contributed by atoms with van der Waals surface area (Å²) in [4.78, 5) is 0. The van der Waals surface area contributed by atoms with E-state index in [1.54, 1.807) is 0 Å². The molecule has 2 rings (SSSR count). The van der Waals surface area contributed by atoms with Gasteiger partial charge in [0.2, 0.25) is 0 Å².